The van der Waals surface area contributed by atoms with Gasteiger partial charge in [-0.05, 0) is 55.8 Å². The van der Waals surface area contributed by atoms with E-state index in [2.05, 4.69) is 32.1 Å². The summed E-state index contributed by atoms with van der Waals surface area (Å²) in [6.45, 7) is 2.32. The van der Waals surface area contributed by atoms with Crippen LogP contribution in [0.5, 0.6) is 5.75 Å². The lowest BCUT2D eigenvalue weighted by molar-refractivity contribution is -0.115. The van der Waals surface area contributed by atoms with Gasteiger partial charge in [-0.2, -0.15) is 5.10 Å². The molecule has 1 aliphatic rings. The lowest BCUT2D eigenvalue weighted by Crippen LogP contribution is -2.47. The lowest BCUT2D eigenvalue weighted by atomic mass is 10.0. The summed E-state index contributed by atoms with van der Waals surface area (Å²) in [6, 6.07) is 15.6. The summed E-state index contributed by atoms with van der Waals surface area (Å²) in [5.41, 5.74) is 2.89. The topological polar surface area (TPSA) is 102 Å². The highest BCUT2D eigenvalue weighted by Crippen LogP contribution is 2.20. The third kappa shape index (κ3) is 6.61. The summed E-state index contributed by atoms with van der Waals surface area (Å²) >= 11 is 0. The van der Waals surface area contributed by atoms with Crippen LogP contribution < -0.4 is 20.7 Å². The van der Waals surface area contributed by atoms with Gasteiger partial charge in [-0.15, -0.1) is 0 Å². The summed E-state index contributed by atoms with van der Waals surface area (Å²) in [4.78, 5) is 15.9. The van der Waals surface area contributed by atoms with Gasteiger partial charge in [0, 0.05) is 18.8 Å². The molecule has 9 nitrogen and oxygen atoms in total. The molecule has 174 valence electrons. The molecular formula is C24H30N6O3. The number of anilines is 1. The van der Waals surface area contributed by atoms with Crippen molar-refractivity contribution < 1.29 is 14.3 Å². The Hall–Kier alpha value is -3.27. The van der Waals surface area contributed by atoms with E-state index >= 15 is 0 Å². The van der Waals surface area contributed by atoms with Crippen LogP contribution in [-0.4, -0.2) is 66.2 Å². The molecule has 0 unspecified atom stereocenters. The highest BCUT2D eigenvalue weighted by molar-refractivity contribution is 5.92. The number of nitrogens with one attached hydrogen (secondary N) is 3. The summed E-state index contributed by atoms with van der Waals surface area (Å²) in [5, 5.41) is 13.4. The molecule has 0 radical (unpaired) electrons. The normalized spacial score (nSPS) is 18.1. The number of para-hydroxylation sites is 1. The van der Waals surface area contributed by atoms with E-state index in [0.29, 0.717) is 6.61 Å². The van der Waals surface area contributed by atoms with Gasteiger partial charge in [0.05, 0.1) is 18.3 Å². The van der Waals surface area contributed by atoms with Crippen molar-refractivity contribution in [3.63, 3.8) is 0 Å². The number of likely N-dealkylation sites (N-methyl/N-ethyl adjacent to an activating group) is 1. The van der Waals surface area contributed by atoms with Crippen molar-refractivity contribution in [1.29, 1.82) is 0 Å². The molecule has 0 saturated carbocycles. The van der Waals surface area contributed by atoms with Gasteiger partial charge in [0.25, 0.3) is 0 Å². The average Bonchev–Trinajstić information content (AvgIpc) is 3.38. The lowest BCUT2D eigenvalue weighted by Gasteiger charge is -2.31. The third-order valence-electron chi connectivity index (χ3n) is 5.45. The molecule has 2 aromatic carbocycles. The summed E-state index contributed by atoms with van der Waals surface area (Å²) in [5.74, 6) is 0.739. The average molecular weight is 451 g/mol. The van der Waals surface area contributed by atoms with Gasteiger partial charge in [0.2, 0.25) is 5.91 Å². The monoisotopic (exact) mass is 450 g/mol. The first-order valence-electron chi connectivity index (χ1n) is 11.2. The molecule has 1 fully saturated rings. The number of aryl methyl sites for hydroxylation is 1. The van der Waals surface area contributed by atoms with E-state index in [0.717, 1.165) is 48.6 Å². The fourth-order valence-electron chi connectivity index (χ4n) is 3.80. The highest BCUT2D eigenvalue weighted by atomic mass is 16.5. The van der Waals surface area contributed by atoms with Crippen LogP contribution in [0.15, 0.2) is 61.2 Å². The fraction of sp³-hybridized carbons (Fsp3) is 0.375. The zero-order chi connectivity index (χ0) is 22.9. The highest BCUT2D eigenvalue weighted by Gasteiger charge is 2.23. The smallest absolute Gasteiger partial charge is 0.238 e. The molecule has 3 aromatic rings. The van der Waals surface area contributed by atoms with Crippen LogP contribution in [0.2, 0.25) is 0 Å². The molecule has 2 heterocycles. The van der Waals surface area contributed by atoms with Gasteiger partial charge in [-0.3, -0.25) is 4.79 Å². The second-order valence-corrected chi connectivity index (χ2v) is 7.96. The molecule has 0 spiro atoms. The standard InChI is InChI=1S/C24H30N6O3/c1-25-14-24(31)29-23-5-3-2-4-18(23)6-9-21-12-26-13-22(33-21)15-32-20-10-7-19(8-11-20)30-17-27-16-28-30/h2-5,7-8,10-11,16-17,21-22,25-26H,6,9,12-15H2,1H3,(H,29,31)/t21-,22+/m1/s1. The minimum Gasteiger partial charge on any atom is -0.491 e. The Morgan fingerprint density at radius 3 is 2.79 bits per heavy atom. The van der Waals surface area contributed by atoms with Gasteiger partial charge >= 0.3 is 0 Å². The van der Waals surface area contributed by atoms with Crippen molar-refractivity contribution in [1.82, 2.24) is 25.4 Å². The summed E-state index contributed by atoms with van der Waals surface area (Å²) in [6.07, 6.45) is 4.90. The first kappa shape index (κ1) is 22.9. The molecule has 1 saturated heterocycles. The van der Waals surface area contributed by atoms with Crippen LogP contribution in [0, 0.1) is 0 Å². The minimum absolute atomic E-state index is 0.0238. The largest absolute Gasteiger partial charge is 0.491 e. The minimum atomic E-state index is -0.0490. The number of nitrogens with zero attached hydrogens (tertiary/aromatic N) is 3. The number of hydrogen-bond donors (Lipinski definition) is 3. The summed E-state index contributed by atoms with van der Waals surface area (Å²) in [7, 11) is 1.76. The van der Waals surface area contributed by atoms with Crippen LogP contribution in [0.3, 0.4) is 0 Å². The first-order valence-corrected chi connectivity index (χ1v) is 11.2. The van der Waals surface area contributed by atoms with Crippen molar-refractivity contribution in [2.24, 2.45) is 0 Å². The third-order valence-corrected chi connectivity index (χ3v) is 5.45. The van der Waals surface area contributed by atoms with Gasteiger partial charge in [0.15, 0.2) is 0 Å². The molecule has 2 atom stereocenters. The fourth-order valence-corrected chi connectivity index (χ4v) is 3.80. The van der Waals surface area contributed by atoms with E-state index in [4.69, 9.17) is 9.47 Å². The number of benzene rings is 2. The zero-order valence-electron chi connectivity index (χ0n) is 18.7. The number of ether oxygens (including phenoxy) is 2. The van der Waals surface area contributed by atoms with E-state index in [-0.39, 0.29) is 24.7 Å². The van der Waals surface area contributed by atoms with E-state index < -0.39 is 0 Å². The van der Waals surface area contributed by atoms with Gasteiger partial charge < -0.3 is 25.4 Å². The number of rotatable bonds is 10. The van der Waals surface area contributed by atoms with Crippen molar-refractivity contribution in [3.8, 4) is 11.4 Å². The second kappa shape index (κ2) is 11.6. The first-order chi connectivity index (χ1) is 16.2. The van der Waals surface area contributed by atoms with E-state index in [1.54, 1.807) is 18.1 Å². The Kier molecular flexibility index (Phi) is 8.02. The van der Waals surface area contributed by atoms with Gasteiger partial charge in [0.1, 0.15) is 31.1 Å². The predicted molar refractivity (Wildman–Crippen MR) is 126 cm³/mol. The molecule has 1 aromatic heterocycles. The molecule has 0 bridgehead atoms. The quantitative estimate of drug-likeness (QED) is 0.433. The van der Waals surface area contributed by atoms with Crippen molar-refractivity contribution in [2.45, 2.75) is 25.0 Å². The Morgan fingerprint density at radius 2 is 2.00 bits per heavy atom. The number of hydrogen-bond acceptors (Lipinski definition) is 7. The number of amides is 1. The SMILES string of the molecule is CNCC(=O)Nc1ccccc1CC[C@@H]1CNC[C@@H](COc2ccc(-n3cncn3)cc2)O1. The Labute approximate surface area is 193 Å². The predicted octanol–water partition coefficient (Wildman–Crippen LogP) is 1.79. The number of aromatic nitrogens is 3. The van der Waals surface area contributed by atoms with E-state index in [1.165, 1.54) is 6.33 Å². The zero-order valence-corrected chi connectivity index (χ0v) is 18.7. The van der Waals surface area contributed by atoms with Crippen LogP contribution in [0.25, 0.3) is 5.69 Å². The molecule has 1 aliphatic heterocycles. The van der Waals surface area contributed by atoms with E-state index in [9.17, 15) is 4.79 Å². The number of carbonyl (C=O) groups is 1. The molecule has 33 heavy (non-hydrogen) atoms. The molecule has 0 aliphatic carbocycles. The van der Waals surface area contributed by atoms with Crippen LogP contribution >= 0.6 is 0 Å². The maximum atomic E-state index is 12.0. The Bertz CT molecular complexity index is 1010. The van der Waals surface area contributed by atoms with Crippen LogP contribution in [-0.2, 0) is 16.0 Å². The number of morpholine rings is 1. The molecule has 3 N–H and O–H groups in total. The number of carbonyl (C=O) groups excluding carboxylic acids is 1. The van der Waals surface area contributed by atoms with Gasteiger partial charge in [-0.1, -0.05) is 18.2 Å². The molecule has 1 amide bonds. The maximum Gasteiger partial charge on any atom is 0.238 e. The second-order valence-electron chi connectivity index (χ2n) is 7.96. The Morgan fingerprint density at radius 1 is 1.18 bits per heavy atom. The van der Waals surface area contributed by atoms with Crippen LogP contribution in [0.4, 0.5) is 5.69 Å². The van der Waals surface area contributed by atoms with Crippen molar-refractivity contribution in [3.05, 3.63) is 66.7 Å². The van der Waals surface area contributed by atoms with Crippen LogP contribution in [0.1, 0.15) is 12.0 Å². The summed E-state index contributed by atoms with van der Waals surface area (Å²) < 4.78 is 13.9. The molecule has 4 rings (SSSR count). The van der Waals surface area contributed by atoms with Crippen molar-refractivity contribution >= 4 is 11.6 Å². The molecular weight excluding hydrogens is 420 g/mol. The van der Waals surface area contributed by atoms with E-state index in [1.807, 2.05) is 42.5 Å². The maximum absolute atomic E-state index is 12.0. The Balaban J connectivity index is 1.25. The van der Waals surface area contributed by atoms with Crippen molar-refractivity contribution in [2.75, 3.05) is 38.6 Å². The molecule has 9 heteroatoms. The van der Waals surface area contributed by atoms with Gasteiger partial charge in [-0.25, -0.2) is 9.67 Å².